The Bertz CT molecular complexity index is 397. The van der Waals surface area contributed by atoms with Crippen molar-refractivity contribution in [2.24, 2.45) is 5.92 Å². The number of amides is 1. The van der Waals surface area contributed by atoms with E-state index in [9.17, 15) is 4.79 Å². The molecule has 1 fully saturated rings. The maximum absolute atomic E-state index is 11.9. The van der Waals surface area contributed by atoms with E-state index in [0.29, 0.717) is 6.54 Å². The van der Waals surface area contributed by atoms with Gasteiger partial charge in [-0.3, -0.25) is 9.69 Å². The van der Waals surface area contributed by atoms with Crippen molar-refractivity contribution in [2.75, 3.05) is 25.0 Å². The normalized spacial score (nSPS) is 17.7. The van der Waals surface area contributed by atoms with Gasteiger partial charge in [-0.15, -0.1) is 0 Å². The van der Waals surface area contributed by atoms with Gasteiger partial charge in [-0.25, -0.2) is 0 Å². The van der Waals surface area contributed by atoms with Crippen LogP contribution in [0.4, 0.5) is 5.69 Å². The second kappa shape index (κ2) is 6.52. The Morgan fingerprint density at radius 2 is 1.94 bits per heavy atom. The standard InChI is InChI=1S/C14H19IN2O/c1-11-6-8-17(9-7-11)10-14(18)16-13-4-2-12(15)3-5-13/h2-5,11H,6-10H2,1H3,(H,16,18). The number of benzene rings is 1. The smallest absolute Gasteiger partial charge is 0.238 e. The minimum Gasteiger partial charge on any atom is -0.325 e. The van der Waals surface area contributed by atoms with E-state index >= 15 is 0 Å². The predicted molar refractivity (Wildman–Crippen MR) is 82.6 cm³/mol. The van der Waals surface area contributed by atoms with Crippen molar-refractivity contribution in [1.82, 2.24) is 4.90 Å². The van der Waals surface area contributed by atoms with Crippen LogP contribution in [0.2, 0.25) is 0 Å². The highest BCUT2D eigenvalue weighted by Gasteiger charge is 2.17. The molecule has 4 heteroatoms. The van der Waals surface area contributed by atoms with Crippen LogP contribution in [0.25, 0.3) is 0 Å². The summed E-state index contributed by atoms with van der Waals surface area (Å²) in [7, 11) is 0. The quantitative estimate of drug-likeness (QED) is 0.843. The topological polar surface area (TPSA) is 32.3 Å². The number of carbonyl (C=O) groups is 1. The molecule has 0 aliphatic carbocycles. The molecule has 1 amide bonds. The molecule has 0 spiro atoms. The lowest BCUT2D eigenvalue weighted by Gasteiger charge is -2.29. The van der Waals surface area contributed by atoms with E-state index < -0.39 is 0 Å². The molecule has 0 saturated carbocycles. The Morgan fingerprint density at radius 3 is 2.56 bits per heavy atom. The minimum absolute atomic E-state index is 0.0887. The average molecular weight is 358 g/mol. The molecule has 0 unspecified atom stereocenters. The van der Waals surface area contributed by atoms with Gasteiger partial charge in [-0.05, 0) is 78.7 Å². The summed E-state index contributed by atoms with van der Waals surface area (Å²) in [6.07, 6.45) is 2.41. The van der Waals surface area contributed by atoms with Crippen LogP contribution < -0.4 is 5.32 Å². The number of nitrogens with zero attached hydrogens (tertiary/aromatic N) is 1. The molecule has 98 valence electrons. The van der Waals surface area contributed by atoms with Crippen LogP contribution in [0.3, 0.4) is 0 Å². The Balaban J connectivity index is 1.80. The zero-order valence-electron chi connectivity index (χ0n) is 10.7. The molecule has 18 heavy (non-hydrogen) atoms. The molecule has 0 atom stereocenters. The summed E-state index contributed by atoms with van der Waals surface area (Å²) in [6, 6.07) is 7.88. The Hall–Kier alpha value is -0.620. The summed E-state index contributed by atoms with van der Waals surface area (Å²) >= 11 is 2.26. The highest BCUT2D eigenvalue weighted by atomic mass is 127. The highest BCUT2D eigenvalue weighted by Crippen LogP contribution is 2.16. The molecule has 1 saturated heterocycles. The SMILES string of the molecule is CC1CCN(CC(=O)Nc2ccc(I)cc2)CC1. The number of piperidine rings is 1. The first-order valence-electron chi connectivity index (χ1n) is 6.41. The maximum atomic E-state index is 11.9. The molecule has 1 aromatic rings. The van der Waals surface area contributed by atoms with E-state index in [-0.39, 0.29) is 5.91 Å². The Labute approximate surface area is 122 Å². The van der Waals surface area contributed by atoms with Gasteiger partial charge in [0.05, 0.1) is 6.54 Å². The molecule has 3 nitrogen and oxygen atoms in total. The third-order valence-corrected chi connectivity index (χ3v) is 4.09. The van der Waals surface area contributed by atoms with Crippen LogP contribution in [-0.4, -0.2) is 30.4 Å². The van der Waals surface area contributed by atoms with Crippen molar-refractivity contribution in [1.29, 1.82) is 0 Å². The van der Waals surface area contributed by atoms with E-state index in [1.54, 1.807) is 0 Å². The highest BCUT2D eigenvalue weighted by molar-refractivity contribution is 14.1. The monoisotopic (exact) mass is 358 g/mol. The third kappa shape index (κ3) is 4.24. The van der Waals surface area contributed by atoms with Crippen LogP contribution in [0.5, 0.6) is 0 Å². The van der Waals surface area contributed by atoms with Crippen molar-refractivity contribution >= 4 is 34.2 Å². The lowest BCUT2D eigenvalue weighted by atomic mass is 9.99. The fourth-order valence-electron chi connectivity index (χ4n) is 2.16. The molecule has 1 heterocycles. The third-order valence-electron chi connectivity index (χ3n) is 3.37. The van der Waals surface area contributed by atoms with Crippen LogP contribution in [0.15, 0.2) is 24.3 Å². The van der Waals surface area contributed by atoms with E-state index in [1.807, 2.05) is 24.3 Å². The number of hydrogen-bond acceptors (Lipinski definition) is 2. The van der Waals surface area contributed by atoms with Gasteiger partial charge < -0.3 is 5.32 Å². The zero-order valence-corrected chi connectivity index (χ0v) is 12.8. The van der Waals surface area contributed by atoms with Crippen molar-refractivity contribution in [2.45, 2.75) is 19.8 Å². The van der Waals surface area contributed by atoms with Crippen molar-refractivity contribution < 1.29 is 4.79 Å². The molecule has 1 aromatic carbocycles. The lowest BCUT2D eigenvalue weighted by Crippen LogP contribution is -2.38. The second-order valence-electron chi connectivity index (χ2n) is 5.01. The molecular weight excluding hydrogens is 339 g/mol. The van der Waals surface area contributed by atoms with Gasteiger partial charge in [0.1, 0.15) is 0 Å². The first-order valence-corrected chi connectivity index (χ1v) is 7.49. The summed E-state index contributed by atoms with van der Waals surface area (Å²) in [5.41, 5.74) is 0.880. The molecule has 0 radical (unpaired) electrons. The number of carbonyl (C=O) groups excluding carboxylic acids is 1. The Morgan fingerprint density at radius 1 is 1.33 bits per heavy atom. The van der Waals surface area contributed by atoms with Crippen LogP contribution in [0, 0.1) is 9.49 Å². The van der Waals surface area contributed by atoms with Crippen LogP contribution in [0.1, 0.15) is 19.8 Å². The van der Waals surface area contributed by atoms with Crippen molar-refractivity contribution in [3.63, 3.8) is 0 Å². The van der Waals surface area contributed by atoms with E-state index in [1.165, 1.54) is 16.4 Å². The maximum Gasteiger partial charge on any atom is 0.238 e. The second-order valence-corrected chi connectivity index (χ2v) is 6.26. The molecule has 1 aliphatic rings. The van der Waals surface area contributed by atoms with E-state index in [4.69, 9.17) is 0 Å². The number of nitrogens with one attached hydrogen (secondary N) is 1. The fourth-order valence-corrected chi connectivity index (χ4v) is 2.52. The molecule has 2 rings (SSSR count). The van der Waals surface area contributed by atoms with Crippen LogP contribution >= 0.6 is 22.6 Å². The summed E-state index contributed by atoms with van der Waals surface area (Å²) in [5, 5.41) is 2.94. The van der Waals surface area contributed by atoms with Gasteiger partial charge in [0, 0.05) is 9.26 Å². The molecular formula is C14H19IN2O. The lowest BCUT2D eigenvalue weighted by molar-refractivity contribution is -0.117. The minimum atomic E-state index is 0.0887. The predicted octanol–water partition coefficient (Wildman–Crippen LogP) is 2.96. The van der Waals surface area contributed by atoms with Gasteiger partial charge in [0.25, 0.3) is 0 Å². The van der Waals surface area contributed by atoms with Crippen LogP contribution in [-0.2, 0) is 4.79 Å². The fraction of sp³-hybridized carbons (Fsp3) is 0.500. The summed E-state index contributed by atoms with van der Waals surface area (Å²) in [5.74, 6) is 0.895. The van der Waals surface area contributed by atoms with Crippen molar-refractivity contribution in [3.8, 4) is 0 Å². The molecule has 1 N–H and O–H groups in total. The largest absolute Gasteiger partial charge is 0.325 e. The summed E-state index contributed by atoms with van der Waals surface area (Å²) < 4.78 is 1.18. The molecule has 1 aliphatic heterocycles. The molecule has 0 aromatic heterocycles. The zero-order chi connectivity index (χ0) is 13.0. The number of likely N-dealkylation sites (tertiary alicyclic amines) is 1. The van der Waals surface area contributed by atoms with Gasteiger partial charge in [0.15, 0.2) is 0 Å². The average Bonchev–Trinajstić information content (AvgIpc) is 2.35. The first kappa shape index (κ1) is 13.8. The van der Waals surface area contributed by atoms with E-state index in [2.05, 4.69) is 39.7 Å². The van der Waals surface area contributed by atoms with Gasteiger partial charge >= 0.3 is 0 Å². The summed E-state index contributed by atoms with van der Waals surface area (Å²) in [4.78, 5) is 14.1. The first-order chi connectivity index (χ1) is 8.63. The van der Waals surface area contributed by atoms with Gasteiger partial charge in [-0.2, -0.15) is 0 Å². The number of rotatable bonds is 3. The summed E-state index contributed by atoms with van der Waals surface area (Å²) in [6.45, 7) is 4.88. The number of hydrogen-bond donors (Lipinski definition) is 1. The van der Waals surface area contributed by atoms with Gasteiger partial charge in [0.2, 0.25) is 5.91 Å². The number of halogens is 1. The number of anilines is 1. The van der Waals surface area contributed by atoms with Gasteiger partial charge in [-0.1, -0.05) is 6.92 Å². The van der Waals surface area contributed by atoms with Crippen molar-refractivity contribution in [3.05, 3.63) is 27.8 Å². The molecule has 0 bridgehead atoms. The van der Waals surface area contributed by atoms with E-state index in [0.717, 1.165) is 24.7 Å². The Kier molecular flexibility index (Phi) is 5.00.